The van der Waals surface area contributed by atoms with Crippen LogP contribution < -0.4 is 14.5 Å². The monoisotopic (exact) mass is 711 g/mol. The number of carbonyl (C=O) groups is 1. The summed E-state index contributed by atoms with van der Waals surface area (Å²) in [5, 5.41) is 1.59. The second-order valence-electron chi connectivity index (χ2n) is 13.3. The number of benzene rings is 2. The molecule has 1 saturated carbocycles. The van der Waals surface area contributed by atoms with Crippen LogP contribution in [0.5, 0.6) is 6.01 Å². The van der Waals surface area contributed by atoms with Crippen molar-refractivity contribution in [2.75, 3.05) is 75.9 Å². The Morgan fingerprint density at radius 1 is 1.14 bits per heavy atom. The van der Waals surface area contributed by atoms with Gasteiger partial charge in [-0.1, -0.05) is 36.4 Å². The van der Waals surface area contributed by atoms with Crippen molar-refractivity contribution in [3.05, 3.63) is 76.3 Å². The summed E-state index contributed by atoms with van der Waals surface area (Å²) in [6, 6.07) is 8.66. The van der Waals surface area contributed by atoms with Crippen LogP contribution in [-0.2, 0) is 22.5 Å². The maximum Gasteiger partial charge on any atom is 0.318 e. The zero-order chi connectivity index (χ0) is 33.6. The number of aromatic nitrogens is 2. The molecule has 3 aliphatic heterocycles. The molecule has 1 amide bonds. The van der Waals surface area contributed by atoms with Gasteiger partial charge in [0, 0.05) is 75.0 Å². The normalized spacial score (nSPS) is 20.2. The molecule has 3 aromatic rings. The molecule has 49 heavy (non-hydrogen) atoms. The highest BCUT2D eigenvalue weighted by Crippen LogP contribution is 2.47. The number of halogens is 3. The van der Waals surface area contributed by atoms with Crippen molar-refractivity contribution in [2.45, 2.75) is 38.0 Å². The number of hydrogen-bond acceptors (Lipinski definition) is 8. The molecule has 260 valence electrons. The Labute approximate surface area is 296 Å². The van der Waals surface area contributed by atoms with E-state index in [1.807, 2.05) is 18.2 Å². The maximum absolute atomic E-state index is 14.6. The molecule has 1 aliphatic carbocycles. The minimum absolute atomic E-state index is 0. The second-order valence-corrected chi connectivity index (χ2v) is 13.7. The van der Waals surface area contributed by atoms with Crippen molar-refractivity contribution < 1.29 is 23.0 Å². The molecule has 0 bridgehead atoms. The molecule has 1 atom stereocenters. The predicted octanol–water partition coefficient (Wildman–Crippen LogP) is 5.01. The van der Waals surface area contributed by atoms with E-state index in [2.05, 4.69) is 26.1 Å². The number of anilines is 2. The van der Waals surface area contributed by atoms with Crippen molar-refractivity contribution in [1.82, 2.24) is 19.8 Å². The van der Waals surface area contributed by atoms with Crippen LogP contribution in [0.15, 0.2) is 42.7 Å². The highest BCUT2D eigenvalue weighted by Gasteiger charge is 2.47. The first-order valence-electron chi connectivity index (χ1n) is 16.3. The largest absolute Gasteiger partial charge is 0.463 e. The average molecular weight is 712 g/mol. The topological polar surface area (TPSA) is 78.6 Å². The van der Waals surface area contributed by atoms with E-state index in [1.54, 1.807) is 13.2 Å². The van der Waals surface area contributed by atoms with Gasteiger partial charge in [-0.05, 0) is 36.8 Å². The van der Waals surface area contributed by atoms with Gasteiger partial charge in [-0.3, -0.25) is 9.69 Å². The number of methoxy groups -OCH3 is 1. The van der Waals surface area contributed by atoms with E-state index in [1.165, 1.54) is 11.0 Å². The molecular formula is C35H40ClF2N7O3S. The number of rotatable bonds is 10. The highest BCUT2D eigenvalue weighted by molar-refractivity contribution is 7.59. The number of piperazine rings is 1. The summed E-state index contributed by atoms with van der Waals surface area (Å²) < 4.78 is 40.3. The third-order valence-corrected chi connectivity index (χ3v) is 10.5. The lowest BCUT2D eigenvalue weighted by Crippen LogP contribution is -2.57. The van der Waals surface area contributed by atoms with E-state index in [9.17, 15) is 13.6 Å². The van der Waals surface area contributed by atoms with Crippen LogP contribution in [0.3, 0.4) is 0 Å². The molecule has 0 N–H and O–H groups in total. The van der Waals surface area contributed by atoms with Crippen LogP contribution in [0.1, 0.15) is 24.1 Å². The van der Waals surface area contributed by atoms with Gasteiger partial charge < -0.3 is 29.0 Å². The third kappa shape index (κ3) is 7.01. The lowest BCUT2D eigenvalue weighted by molar-refractivity contribution is -0.131. The van der Waals surface area contributed by atoms with Crippen LogP contribution in [0.25, 0.3) is 15.6 Å². The van der Waals surface area contributed by atoms with E-state index < -0.39 is 23.6 Å². The van der Waals surface area contributed by atoms with E-state index in [0.29, 0.717) is 50.4 Å². The smallest absolute Gasteiger partial charge is 0.318 e. The van der Waals surface area contributed by atoms with Crippen LogP contribution >= 0.6 is 25.1 Å². The molecule has 14 heteroatoms. The van der Waals surface area contributed by atoms with E-state index >= 15 is 0 Å². The Morgan fingerprint density at radius 3 is 2.65 bits per heavy atom. The van der Waals surface area contributed by atoms with Gasteiger partial charge in [0.25, 0.3) is 5.91 Å². The van der Waals surface area contributed by atoms with Gasteiger partial charge in [0.1, 0.15) is 17.7 Å². The van der Waals surface area contributed by atoms with Gasteiger partial charge in [-0.2, -0.15) is 23.5 Å². The SMILES string of the molecule is S.[C-]#[N+]C[C@H]1CN(c2nc(OCC3(CN4CC(OC)C4)CC3)nc3c2CCN(c2cccc4ccc(F)c(Cl)c24)C3)CCN1C(=O)C(=C)F. The summed E-state index contributed by atoms with van der Waals surface area (Å²) in [5.74, 6) is -1.59. The van der Waals surface area contributed by atoms with Gasteiger partial charge in [-0.25, -0.2) is 15.4 Å². The first-order valence-corrected chi connectivity index (χ1v) is 16.7. The van der Waals surface area contributed by atoms with Crippen molar-refractivity contribution in [3.8, 4) is 6.01 Å². The van der Waals surface area contributed by atoms with Crippen molar-refractivity contribution >= 4 is 53.3 Å². The fourth-order valence-electron chi connectivity index (χ4n) is 7.22. The molecule has 4 heterocycles. The summed E-state index contributed by atoms with van der Waals surface area (Å²) in [4.78, 5) is 34.0. The molecule has 7 rings (SSSR count). The van der Waals surface area contributed by atoms with Gasteiger partial charge in [0.2, 0.25) is 6.54 Å². The second kappa shape index (κ2) is 14.3. The Morgan fingerprint density at radius 2 is 1.94 bits per heavy atom. The van der Waals surface area contributed by atoms with Gasteiger partial charge in [-0.15, -0.1) is 0 Å². The Balaban J connectivity index is 0.00000417. The lowest BCUT2D eigenvalue weighted by atomic mass is 10.0. The number of amides is 1. The fourth-order valence-corrected chi connectivity index (χ4v) is 7.49. The Bertz CT molecular complexity index is 1800. The first kappa shape index (κ1) is 35.1. The molecule has 0 unspecified atom stereocenters. The average Bonchev–Trinajstić information content (AvgIpc) is 3.85. The number of ether oxygens (including phenoxy) is 2. The van der Waals surface area contributed by atoms with Crippen LogP contribution in [0.4, 0.5) is 20.3 Å². The third-order valence-electron chi connectivity index (χ3n) is 10.1. The predicted molar refractivity (Wildman–Crippen MR) is 190 cm³/mol. The van der Waals surface area contributed by atoms with Crippen LogP contribution in [0.2, 0.25) is 5.02 Å². The van der Waals surface area contributed by atoms with E-state index in [4.69, 9.17) is 37.6 Å². The van der Waals surface area contributed by atoms with Crippen molar-refractivity contribution in [3.63, 3.8) is 0 Å². The summed E-state index contributed by atoms with van der Waals surface area (Å²) in [6.07, 6.45) is 3.02. The maximum atomic E-state index is 14.6. The number of carbonyl (C=O) groups excluding carboxylic acids is 1. The number of likely N-dealkylation sites (tertiary alicyclic amines) is 1. The molecule has 1 aromatic heterocycles. The van der Waals surface area contributed by atoms with E-state index in [-0.39, 0.29) is 49.1 Å². The van der Waals surface area contributed by atoms with Crippen LogP contribution in [0, 0.1) is 17.8 Å². The number of fused-ring (bicyclic) bond motifs is 2. The zero-order valence-corrected chi connectivity index (χ0v) is 29.2. The molecule has 2 saturated heterocycles. The molecule has 4 aliphatic rings. The van der Waals surface area contributed by atoms with Gasteiger partial charge in [0.05, 0.1) is 30.0 Å². The van der Waals surface area contributed by atoms with E-state index in [0.717, 1.165) is 54.8 Å². The summed E-state index contributed by atoms with van der Waals surface area (Å²) in [5.41, 5.74) is 2.62. The summed E-state index contributed by atoms with van der Waals surface area (Å²) in [7, 11) is 1.75. The minimum atomic E-state index is -1.04. The first-order chi connectivity index (χ1) is 23.2. The minimum Gasteiger partial charge on any atom is -0.463 e. The summed E-state index contributed by atoms with van der Waals surface area (Å²) in [6.45, 7) is 15.9. The Hall–Kier alpha value is -3.70. The lowest BCUT2D eigenvalue weighted by Gasteiger charge is -2.41. The fraction of sp³-hybridized carbons (Fsp3) is 0.486. The van der Waals surface area contributed by atoms with Gasteiger partial charge in [0.15, 0.2) is 5.83 Å². The molecule has 10 nitrogen and oxygen atoms in total. The number of nitrogens with zero attached hydrogens (tertiary/aromatic N) is 7. The quantitative estimate of drug-likeness (QED) is 0.215. The number of hydrogen-bond donors (Lipinski definition) is 0. The van der Waals surface area contributed by atoms with Crippen LogP contribution in [-0.4, -0.2) is 104 Å². The zero-order valence-electron chi connectivity index (χ0n) is 27.4. The molecule has 0 radical (unpaired) electrons. The molecule has 2 aromatic carbocycles. The standard InChI is InChI=1S/C35H38ClF2N7O3.H2S/c1-22(37)33(46)45-14-13-44(16-24(45)15-39-2)32-26-9-12-43(29-6-4-5-23-7-8-27(38)31(36)30(23)29)19-28(26)40-34(41-32)48-21-35(10-11-35)20-42-17-25(18-42)47-3;/h4-8,24-25H,1,9-21H2,3H3;1H2/t24-;/m0./s1. The van der Waals surface area contributed by atoms with Gasteiger partial charge >= 0.3 is 6.01 Å². The van der Waals surface area contributed by atoms with Crippen molar-refractivity contribution in [1.29, 1.82) is 0 Å². The van der Waals surface area contributed by atoms with Crippen molar-refractivity contribution in [2.24, 2.45) is 5.41 Å². The molecule has 3 fully saturated rings. The highest BCUT2D eigenvalue weighted by atomic mass is 35.5. The Kier molecular flexibility index (Phi) is 10.2. The molecular weight excluding hydrogens is 672 g/mol. The summed E-state index contributed by atoms with van der Waals surface area (Å²) >= 11 is 6.51. The molecule has 0 spiro atoms.